The van der Waals surface area contributed by atoms with Crippen LogP contribution in [0, 0.1) is 11.7 Å². The molecule has 5 nitrogen and oxygen atoms in total. The van der Waals surface area contributed by atoms with E-state index in [1.54, 1.807) is 0 Å². The van der Waals surface area contributed by atoms with Crippen molar-refractivity contribution >= 4 is 33.4 Å². The molecule has 130 valence electrons. The molecular formula is C16H23BrFNO4. The molecule has 2 unspecified atom stereocenters. The number of Topliss-reactive ketones (excluding diaryl/α,β-unsaturated/α-hetero) is 1. The number of nitrogens with two attached hydrogens (primary N) is 1. The van der Waals surface area contributed by atoms with Crippen LogP contribution in [0.15, 0.2) is 16.6 Å². The number of ether oxygens (including phenoxy) is 1. The molecule has 2 atom stereocenters. The van der Waals surface area contributed by atoms with Crippen LogP contribution in [0.1, 0.15) is 45.0 Å². The average molecular weight is 392 g/mol. The zero-order chi connectivity index (χ0) is 18.4. The smallest absolute Gasteiger partial charge is 0.320 e. The molecule has 1 fully saturated rings. The molecule has 1 aliphatic rings. The highest BCUT2D eigenvalue weighted by atomic mass is 79.9. The van der Waals surface area contributed by atoms with Crippen molar-refractivity contribution in [3.8, 4) is 0 Å². The number of benzene rings is 1. The van der Waals surface area contributed by atoms with E-state index >= 15 is 0 Å². The van der Waals surface area contributed by atoms with Gasteiger partial charge in [-0.05, 0) is 35.0 Å². The Kier molecular flexibility index (Phi) is 8.41. The lowest BCUT2D eigenvalue weighted by atomic mass is 9.85. The van der Waals surface area contributed by atoms with E-state index in [4.69, 9.17) is 5.73 Å². The highest BCUT2D eigenvalue weighted by Gasteiger charge is 2.50. The molecule has 0 aromatic heterocycles. The Balaban J connectivity index is 0.00000112. The first-order valence-corrected chi connectivity index (χ1v) is 8.21. The number of nitrogen functional groups attached to an aromatic ring is 1. The summed E-state index contributed by atoms with van der Waals surface area (Å²) in [6, 6.07) is 2.61. The van der Waals surface area contributed by atoms with Crippen molar-refractivity contribution in [2.24, 2.45) is 5.92 Å². The van der Waals surface area contributed by atoms with Gasteiger partial charge in [0.2, 0.25) is 0 Å². The lowest BCUT2D eigenvalue weighted by Crippen LogP contribution is -2.40. The Morgan fingerprint density at radius 3 is 2.35 bits per heavy atom. The zero-order valence-electron chi connectivity index (χ0n) is 13.9. The van der Waals surface area contributed by atoms with Crippen LogP contribution in [-0.2, 0) is 9.53 Å². The molecule has 1 heterocycles. The fraction of sp³-hybridized carbons (Fsp3) is 0.500. The number of esters is 1. The summed E-state index contributed by atoms with van der Waals surface area (Å²) in [4.78, 5) is 23.8. The fourth-order valence-corrected chi connectivity index (χ4v) is 2.31. The number of aliphatic hydroxyl groups is 1. The predicted octanol–water partition coefficient (Wildman–Crippen LogP) is 3.33. The minimum Gasteiger partial charge on any atom is -0.462 e. The summed E-state index contributed by atoms with van der Waals surface area (Å²) >= 11 is 2.94. The first kappa shape index (κ1) is 21.5. The van der Waals surface area contributed by atoms with Gasteiger partial charge in [-0.3, -0.25) is 9.59 Å². The van der Waals surface area contributed by atoms with Crippen molar-refractivity contribution in [1.82, 2.24) is 0 Å². The van der Waals surface area contributed by atoms with Crippen molar-refractivity contribution in [2.45, 2.75) is 40.2 Å². The number of hydrogen-bond donors (Lipinski definition) is 2. The van der Waals surface area contributed by atoms with Gasteiger partial charge in [-0.2, -0.15) is 0 Å². The second-order valence-electron chi connectivity index (χ2n) is 4.58. The quantitative estimate of drug-likeness (QED) is 0.349. The molecule has 0 saturated carbocycles. The third-order valence-corrected chi connectivity index (χ3v) is 3.64. The van der Waals surface area contributed by atoms with Gasteiger partial charge in [-0.15, -0.1) is 0 Å². The topological polar surface area (TPSA) is 89.6 Å². The lowest BCUT2D eigenvalue weighted by molar-refractivity contribution is -0.140. The van der Waals surface area contributed by atoms with E-state index in [1.807, 2.05) is 27.7 Å². The Morgan fingerprint density at radius 2 is 1.91 bits per heavy atom. The summed E-state index contributed by atoms with van der Waals surface area (Å²) in [5, 5.41) is 9.96. The number of rotatable bonds is 2. The van der Waals surface area contributed by atoms with Gasteiger partial charge in [0.15, 0.2) is 17.5 Å². The summed E-state index contributed by atoms with van der Waals surface area (Å²) in [5.74, 6) is -3.76. The maximum Gasteiger partial charge on any atom is 0.320 e. The van der Waals surface area contributed by atoms with Crippen LogP contribution in [0.5, 0.6) is 0 Å². The third-order valence-electron chi connectivity index (χ3n) is 3.02. The molecule has 0 bridgehead atoms. The van der Waals surface area contributed by atoms with Crippen LogP contribution in [0.4, 0.5) is 10.1 Å². The average Bonchev–Trinajstić information content (AvgIpc) is 2.82. The van der Waals surface area contributed by atoms with Crippen molar-refractivity contribution in [3.05, 3.63) is 28.0 Å². The van der Waals surface area contributed by atoms with Crippen molar-refractivity contribution in [3.63, 3.8) is 0 Å². The first-order chi connectivity index (χ1) is 10.8. The highest BCUT2D eigenvalue weighted by molar-refractivity contribution is 9.10. The molecule has 3 N–H and O–H groups in total. The molecule has 0 aliphatic carbocycles. The Bertz CT molecular complexity index is 575. The van der Waals surface area contributed by atoms with Gasteiger partial charge in [0.1, 0.15) is 12.2 Å². The largest absolute Gasteiger partial charge is 0.462 e. The van der Waals surface area contributed by atoms with Gasteiger partial charge < -0.3 is 15.6 Å². The van der Waals surface area contributed by atoms with Gasteiger partial charge >= 0.3 is 5.97 Å². The molecule has 0 spiro atoms. The first-order valence-electron chi connectivity index (χ1n) is 7.42. The minimum atomic E-state index is -1.62. The van der Waals surface area contributed by atoms with Crippen LogP contribution >= 0.6 is 15.9 Å². The lowest BCUT2D eigenvalue weighted by Gasteiger charge is -2.20. The molecule has 0 radical (unpaired) electrons. The number of anilines is 1. The van der Waals surface area contributed by atoms with Crippen LogP contribution in [0.2, 0.25) is 0 Å². The summed E-state index contributed by atoms with van der Waals surface area (Å²) in [6.07, 6.45) is 0. The van der Waals surface area contributed by atoms with E-state index in [2.05, 4.69) is 20.7 Å². The number of ketones is 1. The van der Waals surface area contributed by atoms with Crippen LogP contribution < -0.4 is 5.73 Å². The van der Waals surface area contributed by atoms with Crippen LogP contribution in [0.25, 0.3) is 0 Å². The summed E-state index contributed by atoms with van der Waals surface area (Å²) < 4.78 is 18.4. The Morgan fingerprint density at radius 1 is 1.39 bits per heavy atom. The number of halogens is 2. The monoisotopic (exact) mass is 391 g/mol. The van der Waals surface area contributed by atoms with E-state index in [9.17, 15) is 19.1 Å². The Hall–Kier alpha value is -1.47. The number of carbonyl (C=O) groups is 2. The third kappa shape index (κ3) is 4.51. The minimum absolute atomic E-state index is 0.113. The van der Waals surface area contributed by atoms with Gasteiger partial charge in [-0.1, -0.05) is 27.7 Å². The van der Waals surface area contributed by atoms with Crippen LogP contribution in [-0.4, -0.2) is 29.1 Å². The molecule has 1 saturated heterocycles. The summed E-state index contributed by atoms with van der Waals surface area (Å²) in [6.45, 7) is 9.03. The van der Waals surface area contributed by atoms with Crippen LogP contribution in [0.3, 0.4) is 0 Å². The molecule has 1 aliphatic heterocycles. The molecule has 23 heavy (non-hydrogen) atoms. The molecular weight excluding hydrogens is 369 g/mol. The molecule has 1 aromatic rings. The maximum atomic E-state index is 13.6. The van der Waals surface area contributed by atoms with Gasteiger partial charge in [0.25, 0.3) is 0 Å². The molecule has 0 amide bonds. The molecule has 1 aromatic carbocycles. The van der Waals surface area contributed by atoms with Crippen molar-refractivity contribution < 1.29 is 23.8 Å². The number of cyclic esters (lactones) is 1. The predicted molar refractivity (Wildman–Crippen MR) is 90.6 cm³/mol. The van der Waals surface area contributed by atoms with E-state index in [1.165, 1.54) is 19.1 Å². The van der Waals surface area contributed by atoms with E-state index in [0.717, 1.165) is 0 Å². The SMILES string of the molecule is CC.CC.CC1(O)COC(=O)C1C(=O)c1ccc(Br)c(F)c1N. The number of carbonyl (C=O) groups excluding carboxylic acids is 2. The van der Waals surface area contributed by atoms with Gasteiger partial charge in [0.05, 0.1) is 10.2 Å². The van der Waals surface area contributed by atoms with Crippen molar-refractivity contribution in [2.75, 3.05) is 12.3 Å². The summed E-state index contributed by atoms with van der Waals surface area (Å²) in [5.41, 5.74) is 3.39. The maximum absolute atomic E-state index is 13.6. The highest BCUT2D eigenvalue weighted by Crippen LogP contribution is 2.33. The standard InChI is InChI=1S/C12H11BrFNO4.2C2H6/c1-12(18)4-19-11(17)7(12)10(16)5-2-3-6(13)8(14)9(5)15;2*1-2/h2-3,7,18H,4,15H2,1H3;2*1-2H3. The van der Waals surface area contributed by atoms with Gasteiger partial charge in [0, 0.05) is 5.56 Å². The van der Waals surface area contributed by atoms with E-state index < -0.39 is 29.1 Å². The summed E-state index contributed by atoms with van der Waals surface area (Å²) in [7, 11) is 0. The second kappa shape index (κ2) is 8.98. The number of hydrogen-bond acceptors (Lipinski definition) is 5. The second-order valence-corrected chi connectivity index (χ2v) is 5.44. The molecule has 7 heteroatoms. The van der Waals surface area contributed by atoms with Crippen molar-refractivity contribution in [1.29, 1.82) is 0 Å². The Labute approximate surface area is 144 Å². The fourth-order valence-electron chi connectivity index (χ4n) is 1.96. The normalized spacial score (nSPS) is 22.3. The molecule has 2 rings (SSSR count). The van der Waals surface area contributed by atoms with E-state index in [0.29, 0.717) is 0 Å². The zero-order valence-corrected chi connectivity index (χ0v) is 15.5. The van der Waals surface area contributed by atoms with Gasteiger partial charge in [-0.25, -0.2) is 4.39 Å². The van der Waals surface area contributed by atoms with E-state index in [-0.39, 0.29) is 22.3 Å².